The molecular weight excluding hydrogens is 270 g/mol. The van der Waals surface area contributed by atoms with Crippen molar-refractivity contribution in [3.8, 4) is 0 Å². The van der Waals surface area contributed by atoms with Crippen molar-refractivity contribution in [2.75, 3.05) is 39.8 Å². The largest absolute Gasteiger partial charge is 0.481 e. The number of carboxylic acids is 1. The molecule has 6 heteroatoms. The predicted molar refractivity (Wildman–Crippen MR) is 80.2 cm³/mol. The van der Waals surface area contributed by atoms with Crippen LogP contribution in [0.25, 0.3) is 0 Å². The second-order valence-corrected chi connectivity index (χ2v) is 6.57. The molecule has 2 fully saturated rings. The highest BCUT2D eigenvalue weighted by Gasteiger charge is 2.42. The molecule has 0 aromatic carbocycles. The summed E-state index contributed by atoms with van der Waals surface area (Å²) in [6, 6.07) is -0.108. The summed E-state index contributed by atoms with van der Waals surface area (Å²) >= 11 is 0. The third-order valence-corrected chi connectivity index (χ3v) is 5.03. The van der Waals surface area contributed by atoms with Gasteiger partial charge in [0.15, 0.2) is 0 Å². The van der Waals surface area contributed by atoms with Gasteiger partial charge in [0.05, 0.1) is 5.41 Å². The summed E-state index contributed by atoms with van der Waals surface area (Å²) in [5.74, 6) is -0.265. The number of nitrogens with zero attached hydrogens (tertiary/aromatic N) is 2. The van der Waals surface area contributed by atoms with Gasteiger partial charge in [-0.25, -0.2) is 4.79 Å². The fourth-order valence-electron chi connectivity index (χ4n) is 3.46. The van der Waals surface area contributed by atoms with E-state index in [0.717, 1.165) is 25.9 Å². The summed E-state index contributed by atoms with van der Waals surface area (Å²) in [4.78, 5) is 27.7. The Hall–Kier alpha value is -1.30. The maximum absolute atomic E-state index is 12.3. The number of urea groups is 1. The fourth-order valence-corrected chi connectivity index (χ4v) is 3.46. The van der Waals surface area contributed by atoms with Crippen LogP contribution in [0.4, 0.5) is 4.79 Å². The summed E-state index contributed by atoms with van der Waals surface area (Å²) in [6.07, 6.45) is 3.11. The molecule has 0 spiro atoms. The van der Waals surface area contributed by atoms with E-state index in [-0.39, 0.29) is 6.03 Å². The van der Waals surface area contributed by atoms with Gasteiger partial charge in [-0.1, -0.05) is 6.92 Å². The Morgan fingerprint density at radius 3 is 2.71 bits per heavy atom. The van der Waals surface area contributed by atoms with Gasteiger partial charge in [0, 0.05) is 26.2 Å². The molecule has 6 nitrogen and oxygen atoms in total. The number of aliphatic carboxylic acids is 1. The average molecular weight is 297 g/mol. The van der Waals surface area contributed by atoms with Gasteiger partial charge in [0.2, 0.25) is 0 Å². The van der Waals surface area contributed by atoms with Crippen molar-refractivity contribution in [1.29, 1.82) is 0 Å². The van der Waals surface area contributed by atoms with E-state index >= 15 is 0 Å². The first-order valence-electron chi connectivity index (χ1n) is 7.91. The number of nitrogens with one attached hydrogen (secondary N) is 1. The maximum Gasteiger partial charge on any atom is 0.317 e. The molecule has 2 saturated heterocycles. The van der Waals surface area contributed by atoms with Crippen LogP contribution in [-0.4, -0.2) is 66.7 Å². The summed E-state index contributed by atoms with van der Waals surface area (Å²) in [5.41, 5.74) is -0.761. The third kappa shape index (κ3) is 3.67. The molecule has 0 radical (unpaired) electrons. The lowest BCUT2D eigenvalue weighted by Gasteiger charge is -2.39. The van der Waals surface area contributed by atoms with Crippen LogP contribution in [-0.2, 0) is 4.79 Å². The Morgan fingerprint density at radius 2 is 2.14 bits per heavy atom. The molecule has 2 rings (SSSR count). The van der Waals surface area contributed by atoms with E-state index in [9.17, 15) is 14.7 Å². The lowest BCUT2D eigenvalue weighted by molar-refractivity contribution is -0.152. The van der Waals surface area contributed by atoms with Gasteiger partial charge in [-0.2, -0.15) is 0 Å². The Bertz CT molecular complexity index is 402. The van der Waals surface area contributed by atoms with Crippen LogP contribution in [0.15, 0.2) is 0 Å². The number of hydrogen-bond donors (Lipinski definition) is 2. The Kier molecular flexibility index (Phi) is 5.08. The summed E-state index contributed by atoms with van der Waals surface area (Å²) in [5, 5.41) is 12.4. The molecule has 2 atom stereocenters. The van der Waals surface area contributed by atoms with Gasteiger partial charge in [0.25, 0.3) is 0 Å². The second-order valence-electron chi connectivity index (χ2n) is 6.57. The van der Waals surface area contributed by atoms with Crippen LogP contribution >= 0.6 is 0 Å². The van der Waals surface area contributed by atoms with Crippen LogP contribution in [0.1, 0.15) is 32.6 Å². The zero-order valence-corrected chi connectivity index (χ0v) is 13.1. The van der Waals surface area contributed by atoms with Gasteiger partial charge in [-0.05, 0) is 45.2 Å². The first kappa shape index (κ1) is 16.1. The first-order valence-corrected chi connectivity index (χ1v) is 7.91. The predicted octanol–water partition coefficient (Wildman–Crippen LogP) is 1.22. The summed E-state index contributed by atoms with van der Waals surface area (Å²) in [7, 11) is 2.09. The van der Waals surface area contributed by atoms with Gasteiger partial charge in [-0.3, -0.25) is 4.79 Å². The lowest BCUT2D eigenvalue weighted by atomic mass is 9.78. The highest BCUT2D eigenvalue weighted by molar-refractivity contribution is 5.78. The molecule has 0 aliphatic carbocycles. The van der Waals surface area contributed by atoms with Crippen molar-refractivity contribution in [2.45, 2.75) is 32.6 Å². The zero-order valence-electron chi connectivity index (χ0n) is 13.1. The molecule has 2 amide bonds. The van der Waals surface area contributed by atoms with E-state index < -0.39 is 11.4 Å². The minimum absolute atomic E-state index is 0.108. The summed E-state index contributed by atoms with van der Waals surface area (Å²) < 4.78 is 0. The van der Waals surface area contributed by atoms with Crippen LogP contribution in [0.2, 0.25) is 0 Å². The topological polar surface area (TPSA) is 72.9 Å². The molecule has 2 heterocycles. The molecular formula is C15H27N3O3. The number of hydrogen-bond acceptors (Lipinski definition) is 3. The Labute approximate surface area is 126 Å². The van der Waals surface area contributed by atoms with Crippen molar-refractivity contribution in [3.05, 3.63) is 0 Å². The first-order chi connectivity index (χ1) is 9.97. The maximum atomic E-state index is 12.3. The molecule has 2 aliphatic heterocycles. The van der Waals surface area contributed by atoms with Gasteiger partial charge in [-0.15, -0.1) is 0 Å². The molecule has 120 valence electrons. The molecule has 0 bridgehead atoms. The van der Waals surface area contributed by atoms with E-state index in [2.05, 4.69) is 17.3 Å². The molecule has 0 aromatic rings. The average Bonchev–Trinajstić information content (AvgIpc) is 2.90. The van der Waals surface area contributed by atoms with E-state index in [0.29, 0.717) is 38.4 Å². The molecule has 2 N–H and O–H groups in total. The van der Waals surface area contributed by atoms with Gasteiger partial charge in [0.1, 0.15) is 0 Å². The van der Waals surface area contributed by atoms with Crippen molar-refractivity contribution in [2.24, 2.45) is 11.3 Å². The standard InChI is InChI=1S/C15H27N3O3/c1-3-15(13(19)20)6-4-7-18(11-15)14(21)16-9-12-5-8-17(2)10-12/h12H,3-11H2,1-2H3,(H,16,21)(H,19,20). The normalized spacial score (nSPS) is 30.4. The zero-order chi connectivity index (χ0) is 15.5. The highest BCUT2D eigenvalue weighted by Crippen LogP contribution is 2.33. The van der Waals surface area contributed by atoms with E-state index in [1.165, 1.54) is 0 Å². The highest BCUT2D eigenvalue weighted by atomic mass is 16.4. The minimum atomic E-state index is -0.778. The van der Waals surface area contributed by atoms with E-state index in [1.807, 2.05) is 6.92 Å². The minimum Gasteiger partial charge on any atom is -0.481 e. The van der Waals surface area contributed by atoms with E-state index in [1.54, 1.807) is 4.90 Å². The van der Waals surface area contributed by atoms with Crippen molar-refractivity contribution >= 4 is 12.0 Å². The third-order valence-electron chi connectivity index (χ3n) is 5.03. The second kappa shape index (κ2) is 6.64. The molecule has 0 saturated carbocycles. The SMILES string of the molecule is CCC1(C(=O)O)CCCN(C(=O)NCC2CCN(C)C2)C1. The van der Waals surface area contributed by atoms with Crippen LogP contribution in [0, 0.1) is 11.3 Å². The number of piperidine rings is 1. The lowest BCUT2D eigenvalue weighted by Crippen LogP contribution is -2.53. The molecule has 21 heavy (non-hydrogen) atoms. The molecule has 0 aromatic heterocycles. The number of carbonyl (C=O) groups excluding carboxylic acids is 1. The smallest absolute Gasteiger partial charge is 0.317 e. The van der Waals surface area contributed by atoms with Crippen molar-refractivity contribution in [1.82, 2.24) is 15.1 Å². The quantitative estimate of drug-likeness (QED) is 0.818. The number of carboxylic acid groups (broad SMARTS) is 1. The van der Waals surface area contributed by atoms with Crippen LogP contribution in [0.3, 0.4) is 0 Å². The van der Waals surface area contributed by atoms with Crippen LogP contribution in [0.5, 0.6) is 0 Å². The molecule has 2 aliphatic rings. The van der Waals surface area contributed by atoms with Gasteiger partial charge < -0.3 is 20.2 Å². The number of carbonyl (C=O) groups is 2. The Morgan fingerprint density at radius 1 is 1.38 bits per heavy atom. The number of likely N-dealkylation sites (tertiary alicyclic amines) is 2. The van der Waals surface area contributed by atoms with Crippen molar-refractivity contribution < 1.29 is 14.7 Å². The Balaban J connectivity index is 1.85. The van der Waals surface area contributed by atoms with Crippen molar-refractivity contribution in [3.63, 3.8) is 0 Å². The van der Waals surface area contributed by atoms with Crippen LogP contribution < -0.4 is 5.32 Å². The fraction of sp³-hybridized carbons (Fsp3) is 0.867. The number of amides is 2. The monoisotopic (exact) mass is 297 g/mol. The molecule has 2 unspecified atom stereocenters. The number of rotatable bonds is 4. The van der Waals surface area contributed by atoms with E-state index in [4.69, 9.17) is 0 Å². The summed E-state index contributed by atoms with van der Waals surface area (Å²) in [6.45, 7) is 5.67. The van der Waals surface area contributed by atoms with Gasteiger partial charge >= 0.3 is 12.0 Å².